The highest BCUT2D eigenvalue weighted by Gasteiger charge is 2.14. The van der Waals surface area contributed by atoms with Crippen molar-refractivity contribution in [2.45, 2.75) is 32.6 Å². The van der Waals surface area contributed by atoms with E-state index in [-0.39, 0.29) is 30.6 Å². The fourth-order valence-electron chi connectivity index (χ4n) is 1.99. The summed E-state index contributed by atoms with van der Waals surface area (Å²) in [5.41, 5.74) is 1.75. The van der Waals surface area contributed by atoms with Gasteiger partial charge in [0.25, 0.3) is 5.91 Å². The molecule has 134 valence electrons. The van der Waals surface area contributed by atoms with Crippen LogP contribution in [0, 0.1) is 0 Å². The molecule has 24 heavy (non-hydrogen) atoms. The summed E-state index contributed by atoms with van der Waals surface area (Å²) >= 11 is 0. The number of ether oxygens (including phenoxy) is 2. The fourth-order valence-corrected chi connectivity index (χ4v) is 1.99. The van der Waals surface area contributed by atoms with Gasteiger partial charge in [-0.15, -0.1) is 0 Å². The van der Waals surface area contributed by atoms with E-state index in [0.717, 1.165) is 5.56 Å². The summed E-state index contributed by atoms with van der Waals surface area (Å²) < 4.78 is 9.86. The monoisotopic (exact) mass is 336 g/mol. The first-order valence-corrected chi connectivity index (χ1v) is 8.06. The normalized spacial score (nSPS) is 11.2. The van der Waals surface area contributed by atoms with Gasteiger partial charge in [0.05, 0.1) is 13.2 Å². The molecule has 2 amide bonds. The van der Waals surface area contributed by atoms with Crippen LogP contribution in [0.1, 0.15) is 43.1 Å². The molecule has 6 heteroatoms. The molecule has 0 atom stereocenters. The topological polar surface area (TPSA) is 76.7 Å². The second-order valence-corrected chi connectivity index (χ2v) is 6.53. The first-order chi connectivity index (χ1) is 11.3. The van der Waals surface area contributed by atoms with Crippen LogP contribution < -0.4 is 10.6 Å². The number of carbonyl (C=O) groups is 2. The Morgan fingerprint density at radius 1 is 1.08 bits per heavy atom. The molecule has 0 unspecified atom stereocenters. The van der Waals surface area contributed by atoms with Crippen LogP contribution in [-0.4, -0.2) is 45.4 Å². The fraction of sp³-hybridized carbons (Fsp3) is 0.556. The van der Waals surface area contributed by atoms with E-state index in [9.17, 15) is 9.59 Å². The van der Waals surface area contributed by atoms with Crippen molar-refractivity contribution in [3.8, 4) is 0 Å². The summed E-state index contributed by atoms with van der Waals surface area (Å²) in [5, 5.41) is 5.34. The predicted molar refractivity (Wildman–Crippen MR) is 92.9 cm³/mol. The predicted octanol–water partition coefficient (Wildman–Crippen LogP) is 1.84. The molecule has 6 nitrogen and oxygen atoms in total. The van der Waals surface area contributed by atoms with Crippen molar-refractivity contribution in [3.05, 3.63) is 35.4 Å². The van der Waals surface area contributed by atoms with Crippen LogP contribution >= 0.6 is 0 Å². The molecule has 0 fully saturated rings. The zero-order valence-corrected chi connectivity index (χ0v) is 15.0. The van der Waals surface area contributed by atoms with Crippen LogP contribution in [-0.2, 0) is 19.7 Å². The third kappa shape index (κ3) is 7.57. The lowest BCUT2D eigenvalue weighted by Crippen LogP contribution is -2.37. The Hall–Kier alpha value is -1.92. The number of benzene rings is 1. The molecule has 0 aromatic heterocycles. The Kier molecular flexibility index (Phi) is 8.43. The van der Waals surface area contributed by atoms with E-state index in [2.05, 4.69) is 31.4 Å². The third-order valence-electron chi connectivity index (χ3n) is 3.41. The summed E-state index contributed by atoms with van der Waals surface area (Å²) in [5.74, 6) is -0.476. The van der Waals surface area contributed by atoms with E-state index >= 15 is 0 Å². The van der Waals surface area contributed by atoms with E-state index in [1.165, 1.54) is 0 Å². The van der Waals surface area contributed by atoms with Crippen molar-refractivity contribution >= 4 is 11.8 Å². The summed E-state index contributed by atoms with van der Waals surface area (Å²) in [7, 11) is 1.56. The van der Waals surface area contributed by atoms with Crippen molar-refractivity contribution in [3.63, 3.8) is 0 Å². The maximum absolute atomic E-state index is 12.0. The molecule has 0 spiro atoms. The van der Waals surface area contributed by atoms with Gasteiger partial charge in [-0.2, -0.15) is 0 Å². The Bertz CT molecular complexity index is 521. The van der Waals surface area contributed by atoms with Crippen LogP contribution in [0.5, 0.6) is 0 Å². The van der Waals surface area contributed by atoms with Gasteiger partial charge in [0, 0.05) is 19.2 Å². The highest BCUT2D eigenvalue weighted by Crippen LogP contribution is 2.22. The highest BCUT2D eigenvalue weighted by molar-refractivity contribution is 5.96. The molecular weight excluding hydrogens is 308 g/mol. The van der Waals surface area contributed by atoms with Crippen molar-refractivity contribution < 1.29 is 19.1 Å². The molecule has 0 heterocycles. The van der Waals surface area contributed by atoms with Gasteiger partial charge >= 0.3 is 0 Å². The van der Waals surface area contributed by atoms with Gasteiger partial charge in [-0.25, -0.2) is 0 Å². The number of hydrogen-bond acceptors (Lipinski definition) is 4. The SMILES string of the molecule is COCOCCCNC(=O)CNC(=O)c1ccc(C(C)(C)C)cc1. The summed E-state index contributed by atoms with van der Waals surface area (Å²) in [6.07, 6.45) is 0.692. The smallest absolute Gasteiger partial charge is 0.251 e. The molecule has 0 aliphatic carbocycles. The number of methoxy groups -OCH3 is 1. The molecule has 0 aliphatic rings. The highest BCUT2D eigenvalue weighted by atomic mass is 16.7. The number of nitrogens with one attached hydrogen (secondary N) is 2. The minimum atomic E-state index is -0.256. The molecule has 1 aromatic carbocycles. The second-order valence-electron chi connectivity index (χ2n) is 6.53. The van der Waals surface area contributed by atoms with Crippen molar-refractivity contribution in [1.29, 1.82) is 0 Å². The van der Waals surface area contributed by atoms with Crippen LogP contribution in [0.4, 0.5) is 0 Å². The van der Waals surface area contributed by atoms with Gasteiger partial charge in [-0.05, 0) is 29.5 Å². The largest absolute Gasteiger partial charge is 0.359 e. The van der Waals surface area contributed by atoms with Crippen LogP contribution in [0.25, 0.3) is 0 Å². The Balaban J connectivity index is 2.29. The third-order valence-corrected chi connectivity index (χ3v) is 3.41. The van der Waals surface area contributed by atoms with Gasteiger partial charge in [-0.3, -0.25) is 9.59 Å². The molecule has 1 rings (SSSR count). The molecule has 0 saturated carbocycles. The molecule has 2 N–H and O–H groups in total. The van der Waals surface area contributed by atoms with Crippen molar-refractivity contribution in [1.82, 2.24) is 10.6 Å². The zero-order valence-electron chi connectivity index (χ0n) is 15.0. The average Bonchev–Trinajstić information content (AvgIpc) is 2.55. The molecule has 0 bridgehead atoms. The summed E-state index contributed by atoms with van der Waals surface area (Å²) in [4.78, 5) is 23.7. The maximum Gasteiger partial charge on any atom is 0.251 e. The van der Waals surface area contributed by atoms with Crippen molar-refractivity contribution in [2.75, 3.05) is 33.6 Å². The quantitative estimate of drug-likeness (QED) is 0.533. The average molecular weight is 336 g/mol. The Morgan fingerprint density at radius 2 is 1.75 bits per heavy atom. The van der Waals surface area contributed by atoms with Gasteiger partial charge in [0.1, 0.15) is 6.79 Å². The molecule has 1 aromatic rings. The Labute approximate surface area is 143 Å². The number of hydrogen-bond donors (Lipinski definition) is 2. The Morgan fingerprint density at radius 3 is 2.33 bits per heavy atom. The minimum absolute atomic E-state index is 0.0429. The number of carbonyl (C=O) groups excluding carboxylic acids is 2. The minimum Gasteiger partial charge on any atom is -0.359 e. The summed E-state index contributed by atoms with van der Waals surface area (Å²) in [6, 6.07) is 7.44. The molecule has 0 saturated heterocycles. The van der Waals surface area contributed by atoms with E-state index in [4.69, 9.17) is 9.47 Å². The first kappa shape index (κ1) is 20.1. The molecular formula is C18H28N2O4. The molecule has 0 radical (unpaired) electrons. The van der Waals surface area contributed by atoms with E-state index in [1.807, 2.05) is 12.1 Å². The molecule has 0 aliphatic heterocycles. The first-order valence-electron chi connectivity index (χ1n) is 8.06. The van der Waals surface area contributed by atoms with E-state index in [1.54, 1.807) is 19.2 Å². The lowest BCUT2D eigenvalue weighted by atomic mass is 9.87. The lowest BCUT2D eigenvalue weighted by molar-refractivity contribution is -0.120. The number of rotatable bonds is 9. The summed E-state index contributed by atoms with van der Waals surface area (Å²) in [6.45, 7) is 7.57. The van der Waals surface area contributed by atoms with Gasteiger partial charge < -0.3 is 20.1 Å². The van der Waals surface area contributed by atoms with Crippen LogP contribution in [0.15, 0.2) is 24.3 Å². The lowest BCUT2D eigenvalue weighted by Gasteiger charge is -2.19. The van der Waals surface area contributed by atoms with Crippen LogP contribution in [0.2, 0.25) is 0 Å². The van der Waals surface area contributed by atoms with Crippen molar-refractivity contribution in [2.24, 2.45) is 0 Å². The maximum atomic E-state index is 12.0. The van der Waals surface area contributed by atoms with Gasteiger partial charge in [-0.1, -0.05) is 32.9 Å². The van der Waals surface area contributed by atoms with Gasteiger partial charge in [0.15, 0.2) is 0 Å². The number of amides is 2. The van der Waals surface area contributed by atoms with Crippen LogP contribution in [0.3, 0.4) is 0 Å². The van der Waals surface area contributed by atoms with E-state index in [0.29, 0.717) is 25.1 Å². The van der Waals surface area contributed by atoms with Gasteiger partial charge in [0.2, 0.25) is 5.91 Å². The standard InChI is InChI=1S/C18H28N2O4/c1-18(2,3)15-8-6-14(7-9-15)17(22)20-12-16(21)19-10-5-11-24-13-23-4/h6-9H,5,10-13H2,1-4H3,(H,19,21)(H,20,22). The second kappa shape index (κ2) is 10.1. The zero-order chi connectivity index (χ0) is 18.0. The van der Waals surface area contributed by atoms with E-state index < -0.39 is 0 Å².